The van der Waals surface area contributed by atoms with Gasteiger partial charge in [-0.1, -0.05) is 32.0 Å². The van der Waals surface area contributed by atoms with Crippen LogP contribution in [0, 0.1) is 31.6 Å². The van der Waals surface area contributed by atoms with E-state index < -0.39 is 17.8 Å². The summed E-state index contributed by atoms with van der Waals surface area (Å²) < 4.78 is 17.7. The Morgan fingerprint density at radius 1 is 1.15 bits per heavy atom. The first-order chi connectivity index (χ1) is 12.1. The van der Waals surface area contributed by atoms with Gasteiger partial charge in [-0.25, -0.2) is 0 Å². The molecule has 2 rings (SSSR count). The van der Waals surface area contributed by atoms with Gasteiger partial charge in [-0.3, -0.25) is 4.79 Å². The molecule has 1 aliphatic rings. The minimum atomic E-state index is -0.869. The summed E-state index contributed by atoms with van der Waals surface area (Å²) in [5, 5.41) is 0. The summed E-state index contributed by atoms with van der Waals surface area (Å²) in [4.78, 5) is 24.1. The van der Waals surface area contributed by atoms with Crippen LogP contribution in [-0.2, 0) is 19.1 Å². The molecule has 0 radical (unpaired) electrons. The molecule has 0 bridgehead atoms. The summed E-state index contributed by atoms with van der Waals surface area (Å²) in [6, 6.07) is 5.76. The maximum absolute atomic E-state index is 12.8. The van der Waals surface area contributed by atoms with Crippen molar-refractivity contribution in [3.63, 3.8) is 0 Å². The third-order valence-electron chi connectivity index (χ3n) is 5.09. The molecule has 5 atom stereocenters. The van der Waals surface area contributed by atoms with Gasteiger partial charge in [0.25, 0.3) is 0 Å². The van der Waals surface area contributed by atoms with E-state index in [4.69, 9.17) is 14.2 Å². The number of hydrogen-bond acceptors (Lipinski definition) is 5. The molecule has 0 saturated carbocycles. The van der Waals surface area contributed by atoms with Crippen LogP contribution >= 0.6 is 0 Å². The molecule has 0 spiro atoms. The van der Waals surface area contributed by atoms with Gasteiger partial charge in [-0.2, -0.15) is 0 Å². The van der Waals surface area contributed by atoms with Crippen molar-refractivity contribution in [1.29, 1.82) is 0 Å². The first-order valence-electron chi connectivity index (χ1n) is 9.16. The van der Waals surface area contributed by atoms with Gasteiger partial charge in [-0.15, -0.1) is 0 Å². The molecule has 1 saturated heterocycles. The van der Waals surface area contributed by atoms with Crippen LogP contribution in [0.3, 0.4) is 0 Å². The molecule has 1 heterocycles. The quantitative estimate of drug-likeness (QED) is 0.452. The van der Waals surface area contributed by atoms with Crippen molar-refractivity contribution in [2.24, 2.45) is 17.8 Å². The Hall–Kier alpha value is -1.72. The van der Waals surface area contributed by atoms with Crippen LogP contribution in [-0.4, -0.2) is 30.3 Å². The van der Waals surface area contributed by atoms with Crippen molar-refractivity contribution >= 4 is 12.3 Å². The predicted molar refractivity (Wildman–Crippen MR) is 98.9 cm³/mol. The highest BCUT2D eigenvalue weighted by atomic mass is 16.7. The summed E-state index contributed by atoms with van der Waals surface area (Å²) in [6.07, 6.45) is 0.180. The fourth-order valence-electron chi connectivity index (χ4n) is 3.59. The average molecular weight is 362 g/mol. The van der Waals surface area contributed by atoms with E-state index in [9.17, 15) is 9.59 Å². The second-order valence-corrected chi connectivity index (χ2v) is 7.85. The molecule has 26 heavy (non-hydrogen) atoms. The van der Waals surface area contributed by atoms with E-state index >= 15 is 0 Å². The molecule has 0 aromatic heterocycles. The lowest BCUT2D eigenvalue weighted by Gasteiger charge is -2.47. The summed E-state index contributed by atoms with van der Waals surface area (Å²) in [5.74, 6) is -1.50. The zero-order chi connectivity index (χ0) is 19.6. The zero-order valence-corrected chi connectivity index (χ0v) is 16.7. The lowest BCUT2D eigenvalue weighted by atomic mass is 9.83. The summed E-state index contributed by atoms with van der Waals surface area (Å²) in [5.41, 5.74) is 1.83. The van der Waals surface area contributed by atoms with Gasteiger partial charge in [0.15, 0.2) is 5.79 Å². The number of aldehydes is 1. The molecule has 0 amide bonds. The molecule has 1 aromatic carbocycles. The number of esters is 1. The number of carbonyl (C=O) groups is 2. The van der Waals surface area contributed by atoms with Gasteiger partial charge in [0, 0.05) is 11.8 Å². The normalized spacial score (nSPS) is 27.4. The smallest absolute Gasteiger partial charge is 0.316 e. The molecule has 1 aromatic rings. The Kier molecular flexibility index (Phi) is 6.25. The zero-order valence-electron chi connectivity index (χ0n) is 16.7. The standard InChI is InChI=1S/C21H30O5/c1-12-9-8-10-13(2)17(12)24-20(23)16(5)19-15(4)18(14(3)11-22)25-21(6,7)26-19/h8-11,14-16,18-19H,1-7H3/t14-,15-,16+,18-,19+/m0/s1. The van der Waals surface area contributed by atoms with Gasteiger partial charge in [-0.05, 0) is 45.7 Å². The first-order valence-corrected chi connectivity index (χ1v) is 9.16. The van der Waals surface area contributed by atoms with Crippen molar-refractivity contribution in [3.8, 4) is 5.75 Å². The number of aryl methyl sites for hydroxylation is 2. The van der Waals surface area contributed by atoms with E-state index in [1.54, 1.807) is 20.8 Å². The Labute approximate surface area is 156 Å². The van der Waals surface area contributed by atoms with Crippen molar-refractivity contribution in [1.82, 2.24) is 0 Å². The molecule has 1 fully saturated rings. The summed E-state index contributed by atoms with van der Waals surface area (Å²) in [7, 11) is 0. The second-order valence-electron chi connectivity index (χ2n) is 7.85. The van der Waals surface area contributed by atoms with Crippen molar-refractivity contribution in [3.05, 3.63) is 29.3 Å². The molecular formula is C21H30O5. The van der Waals surface area contributed by atoms with Gasteiger partial charge in [0.1, 0.15) is 12.0 Å². The molecule has 144 valence electrons. The number of benzene rings is 1. The third kappa shape index (κ3) is 4.33. The number of hydrogen-bond donors (Lipinski definition) is 0. The molecule has 0 N–H and O–H groups in total. The van der Waals surface area contributed by atoms with E-state index in [1.807, 2.05) is 45.9 Å². The number of ether oxygens (including phenoxy) is 3. The fraction of sp³-hybridized carbons (Fsp3) is 0.619. The third-order valence-corrected chi connectivity index (χ3v) is 5.09. The minimum absolute atomic E-state index is 0.122. The number of para-hydroxylation sites is 1. The Balaban J connectivity index is 2.21. The Morgan fingerprint density at radius 3 is 2.23 bits per heavy atom. The van der Waals surface area contributed by atoms with Crippen LogP contribution in [0.1, 0.15) is 45.7 Å². The fourth-order valence-corrected chi connectivity index (χ4v) is 3.59. The first kappa shape index (κ1) is 20.6. The van der Waals surface area contributed by atoms with E-state index in [1.165, 1.54) is 0 Å². The highest BCUT2D eigenvalue weighted by Crippen LogP contribution is 2.37. The lowest BCUT2D eigenvalue weighted by molar-refractivity contribution is -0.330. The lowest BCUT2D eigenvalue weighted by Crippen LogP contribution is -2.55. The molecule has 5 nitrogen and oxygen atoms in total. The van der Waals surface area contributed by atoms with Crippen LogP contribution in [0.25, 0.3) is 0 Å². The highest BCUT2D eigenvalue weighted by Gasteiger charge is 2.47. The Bertz CT molecular complexity index is 646. The highest BCUT2D eigenvalue weighted by molar-refractivity contribution is 5.76. The molecular weight excluding hydrogens is 332 g/mol. The van der Waals surface area contributed by atoms with Crippen molar-refractivity contribution in [2.45, 2.75) is 66.5 Å². The van der Waals surface area contributed by atoms with Crippen molar-refractivity contribution < 1.29 is 23.8 Å². The van der Waals surface area contributed by atoms with Crippen LogP contribution in [0.5, 0.6) is 5.75 Å². The molecule has 0 unspecified atom stereocenters. The second kappa shape index (κ2) is 7.89. The van der Waals surface area contributed by atoms with Crippen LogP contribution in [0.2, 0.25) is 0 Å². The predicted octanol–water partition coefficient (Wildman–Crippen LogP) is 3.84. The summed E-state index contributed by atoms with van der Waals surface area (Å²) in [6.45, 7) is 13.0. The molecule has 5 heteroatoms. The Morgan fingerprint density at radius 2 is 1.69 bits per heavy atom. The van der Waals surface area contributed by atoms with Crippen molar-refractivity contribution in [2.75, 3.05) is 0 Å². The maximum atomic E-state index is 12.8. The van der Waals surface area contributed by atoms with E-state index in [-0.39, 0.29) is 23.9 Å². The van der Waals surface area contributed by atoms with E-state index in [0.29, 0.717) is 5.75 Å². The number of carbonyl (C=O) groups excluding carboxylic acids is 2. The summed E-state index contributed by atoms with van der Waals surface area (Å²) >= 11 is 0. The van der Waals surface area contributed by atoms with Gasteiger partial charge in [0.05, 0.1) is 18.1 Å². The molecule has 0 aliphatic carbocycles. The van der Waals surface area contributed by atoms with E-state index in [0.717, 1.165) is 17.4 Å². The van der Waals surface area contributed by atoms with Crippen LogP contribution in [0.4, 0.5) is 0 Å². The monoisotopic (exact) mass is 362 g/mol. The van der Waals surface area contributed by atoms with Gasteiger partial charge < -0.3 is 19.0 Å². The largest absolute Gasteiger partial charge is 0.426 e. The molecule has 1 aliphatic heterocycles. The van der Waals surface area contributed by atoms with Gasteiger partial charge >= 0.3 is 5.97 Å². The SMILES string of the molecule is Cc1cccc(C)c1OC(=O)[C@H](C)[C@@H]1OC(C)(C)O[C@@H]([C@@H](C)C=O)[C@@H]1C. The maximum Gasteiger partial charge on any atom is 0.316 e. The topological polar surface area (TPSA) is 61.8 Å². The number of rotatable bonds is 5. The van der Waals surface area contributed by atoms with Crippen LogP contribution in [0.15, 0.2) is 18.2 Å². The minimum Gasteiger partial charge on any atom is -0.426 e. The van der Waals surface area contributed by atoms with Crippen LogP contribution < -0.4 is 4.74 Å². The van der Waals surface area contributed by atoms with Gasteiger partial charge in [0.2, 0.25) is 0 Å². The van der Waals surface area contributed by atoms with E-state index in [2.05, 4.69) is 0 Å². The average Bonchev–Trinajstić information content (AvgIpc) is 2.58.